The molecule has 0 spiro atoms. The molecule has 1 N–H and O–H groups in total. The third kappa shape index (κ3) is 3.96. The number of carbonyl (C=O) groups excluding carboxylic acids is 2. The van der Waals surface area contributed by atoms with E-state index in [-0.39, 0.29) is 17.9 Å². The van der Waals surface area contributed by atoms with Crippen LogP contribution in [0.3, 0.4) is 0 Å². The highest BCUT2D eigenvalue weighted by molar-refractivity contribution is 6.04. The number of nitrogens with zero attached hydrogens (tertiary/aromatic N) is 3. The van der Waals surface area contributed by atoms with Crippen molar-refractivity contribution in [1.29, 1.82) is 0 Å². The number of hydrogen-bond donors (Lipinski definition) is 1. The quantitative estimate of drug-likeness (QED) is 0.736. The Morgan fingerprint density at radius 1 is 1.11 bits per heavy atom. The van der Waals surface area contributed by atoms with Crippen molar-refractivity contribution >= 4 is 17.5 Å². The normalized spacial score (nSPS) is 11.7. The largest absolute Gasteiger partial charge is 0.335 e. The average Bonchev–Trinajstić information content (AvgIpc) is 3.05. The van der Waals surface area contributed by atoms with Crippen LogP contribution in [-0.4, -0.2) is 33.5 Å². The molecule has 0 aliphatic rings. The Hall–Kier alpha value is -3.41. The number of benzene rings is 2. The fourth-order valence-electron chi connectivity index (χ4n) is 2.97. The SMILES string of the molecule is Cc1c(C(=O)N(C)[C@H](C)c2cccc(NC(=O)c3ccccc3)c2)cnn1C. The van der Waals surface area contributed by atoms with Crippen LogP contribution in [-0.2, 0) is 7.05 Å². The Balaban J connectivity index is 1.76. The summed E-state index contributed by atoms with van der Waals surface area (Å²) in [5, 5.41) is 7.06. The number of nitrogens with one attached hydrogen (secondary N) is 1. The van der Waals surface area contributed by atoms with Gasteiger partial charge in [-0.2, -0.15) is 5.10 Å². The van der Waals surface area contributed by atoms with Gasteiger partial charge in [-0.3, -0.25) is 14.3 Å². The van der Waals surface area contributed by atoms with Crippen LogP contribution in [0.15, 0.2) is 60.8 Å². The van der Waals surface area contributed by atoms with Gasteiger partial charge in [-0.15, -0.1) is 0 Å². The second-order valence-electron chi connectivity index (χ2n) is 6.80. The summed E-state index contributed by atoms with van der Waals surface area (Å²) in [5.41, 5.74) is 3.64. The molecular weight excluding hydrogens is 352 g/mol. The molecule has 0 unspecified atom stereocenters. The minimum absolute atomic E-state index is 0.0863. The third-order valence-corrected chi connectivity index (χ3v) is 5.03. The molecule has 3 aromatic rings. The van der Waals surface area contributed by atoms with Crippen molar-refractivity contribution < 1.29 is 9.59 Å². The molecule has 0 fully saturated rings. The molecule has 0 aliphatic carbocycles. The maximum absolute atomic E-state index is 12.8. The number of carbonyl (C=O) groups is 2. The number of aryl methyl sites for hydroxylation is 1. The summed E-state index contributed by atoms with van der Waals surface area (Å²) in [6.45, 7) is 3.83. The number of anilines is 1. The topological polar surface area (TPSA) is 67.2 Å². The van der Waals surface area contributed by atoms with Crippen molar-refractivity contribution in [2.24, 2.45) is 7.05 Å². The lowest BCUT2D eigenvalue weighted by molar-refractivity contribution is 0.0741. The molecule has 0 aliphatic heterocycles. The lowest BCUT2D eigenvalue weighted by Crippen LogP contribution is -2.30. The van der Waals surface area contributed by atoms with E-state index in [9.17, 15) is 9.59 Å². The Labute approximate surface area is 164 Å². The highest BCUT2D eigenvalue weighted by Crippen LogP contribution is 2.24. The van der Waals surface area contributed by atoms with Crippen LogP contribution in [0.5, 0.6) is 0 Å². The molecule has 6 nitrogen and oxygen atoms in total. The summed E-state index contributed by atoms with van der Waals surface area (Å²) in [5.74, 6) is -0.252. The monoisotopic (exact) mass is 376 g/mol. The molecule has 6 heteroatoms. The van der Waals surface area contributed by atoms with E-state index >= 15 is 0 Å². The minimum Gasteiger partial charge on any atom is -0.335 e. The van der Waals surface area contributed by atoms with Crippen LogP contribution in [0.4, 0.5) is 5.69 Å². The van der Waals surface area contributed by atoms with E-state index in [1.807, 2.05) is 63.4 Å². The second-order valence-corrected chi connectivity index (χ2v) is 6.80. The zero-order chi connectivity index (χ0) is 20.3. The summed E-state index contributed by atoms with van der Waals surface area (Å²) >= 11 is 0. The van der Waals surface area contributed by atoms with Gasteiger partial charge >= 0.3 is 0 Å². The zero-order valence-electron chi connectivity index (χ0n) is 16.5. The zero-order valence-corrected chi connectivity index (χ0v) is 16.5. The van der Waals surface area contributed by atoms with E-state index in [0.717, 1.165) is 11.3 Å². The van der Waals surface area contributed by atoms with Crippen LogP contribution in [0.25, 0.3) is 0 Å². The van der Waals surface area contributed by atoms with Crippen molar-refractivity contribution in [2.75, 3.05) is 12.4 Å². The summed E-state index contributed by atoms with van der Waals surface area (Å²) in [7, 11) is 3.59. The minimum atomic E-state index is -0.166. The predicted octanol–water partition coefficient (Wildman–Crippen LogP) is 3.81. The van der Waals surface area contributed by atoms with Crippen molar-refractivity contribution in [2.45, 2.75) is 19.9 Å². The van der Waals surface area contributed by atoms with Gasteiger partial charge in [0, 0.05) is 31.0 Å². The van der Waals surface area contributed by atoms with E-state index in [2.05, 4.69) is 10.4 Å². The Bertz CT molecular complexity index is 995. The molecule has 1 atom stereocenters. The third-order valence-electron chi connectivity index (χ3n) is 5.03. The van der Waals surface area contributed by atoms with Crippen LogP contribution < -0.4 is 5.32 Å². The van der Waals surface area contributed by atoms with Crippen molar-refractivity contribution in [3.63, 3.8) is 0 Å². The van der Waals surface area contributed by atoms with Gasteiger partial charge in [0.25, 0.3) is 11.8 Å². The van der Waals surface area contributed by atoms with E-state index in [1.165, 1.54) is 0 Å². The maximum atomic E-state index is 12.8. The van der Waals surface area contributed by atoms with Gasteiger partial charge in [0.1, 0.15) is 0 Å². The van der Waals surface area contributed by atoms with Gasteiger partial charge in [-0.1, -0.05) is 30.3 Å². The predicted molar refractivity (Wildman–Crippen MR) is 109 cm³/mol. The molecule has 0 radical (unpaired) electrons. The Morgan fingerprint density at radius 3 is 2.46 bits per heavy atom. The number of hydrogen-bond acceptors (Lipinski definition) is 3. The average molecular weight is 376 g/mol. The fourth-order valence-corrected chi connectivity index (χ4v) is 2.97. The molecule has 28 heavy (non-hydrogen) atoms. The van der Waals surface area contributed by atoms with Crippen molar-refractivity contribution in [3.05, 3.63) is 83.2 Å². The molecular formula is C22H24N4O2. The Morgan fingerprint density at radius 2 is 1.82 bits per heavy atom. The summed E-state index contributed by atoms with van der Waals surface area (Å²) in [6, 6.07) is 16.5. The molecule has 1 aromatic heterocycles. The van der Waals surface area contributed by atoms with Gasteiger partial charge in [-0.25, -0.2) is 0 Å². The second kappa shape index (κ2) is 8.08. The smallest absolute Gasteiger partial charge is 0.257 e. The van der Waals surface area contributed by atoms with Crippen LogP contribution >= 0.6 is 0 Å². The number of amides is 2. The van der Waals surface area contributed by atoms with Gasteiger partial charge in [0.2, 0.25) is 0 Å². The van der Waals surface area contributed by atoms with E-state index in [4.69, 9.17) is 0 Å². The molecule has 2 amide bonds. The molecule has 1 heterocycles. The van der Waals surface area contributed by atoms with Crippen molar-refractivity contribution in [1.82, 2.24) is 14.7 Å². The molecule has 3 rings (SSSR count). The first kappa shape index (κ1) is 19.4. The Kier molecular flexibility index (Phi) is 5.59. The van der Waals surface area contributed by atoms with Gasteiger partial charge in [0.15, 0.2) is 0 Å². The van der Waals surface area contributed by atoms with Gasteiger partial charge < -0.3 is 10.2 Å². The molecule has 0 saturated heterocycles. The molecule has 0 saturated carbocycles. The summed E-state index contributed by atoms with van der Waals surface area (Å²) < 4.78 is 1.69. The lowest BCUT2D eigenvalue weighted by Gasteiger charge is -2.25. The van der Waals surface area contributed by atoms with Crippen LogP contribution in [0, 0.1) is 6.92 Å². The molecule has 0 bridgehead atoms. The summed E-state index contributed by atoms with van der Waals surface area (Å²) in [6.07, 6.45) is 1.59. The first-order chi connectivity index (χ1) is 13.4. The highest BCUT2D eigenvalue weighted by Gasteiger charge is 2.22. The number of aromatic nitrogens is 2. The van der Waals surface area contributed by atoms with E-state index < -0.39 is 0 Å². The maximum Gasteiger partial charge on any atom is 0.257 e. The van der Waals surface area contributed by atoms with Gasteiger partial charge in [0.05, 0.1) is 17.8 Å². The van der Waals surface area contributed by atoms with Crippen LogP contribution in [0.1, 0.15) is 44.9 Å². The lowest BCUT2D eigenvalue weighted by atomic mass is 10.1. The molecule has 144 valence electrons. The molecule has 2 aromatic carbocycles. The standard InChI is InChI=1S/C22H24N4O2/c1-15(25(3)22(28)20-14-23-26(4)16(20)2)18-11-8-12-19(13-18)24-21(27)17-9-6-5-7-10-17/h5-15H,1-4H3,(H,24,27)/t15-/m1/s1. The highest BCUT2D eigenvalue weighted by atomic mass is 16.2. The number of rotatable bonds is 5. The van der Waals surface area contributed by atoms with E-state index in [0.29, 0.717) is 16.8 Å². The van der Waals surface area contributed by atoms with Crippen LogP contribution in [0.2, 0.25) is 0 Å². The first-order valence-electron chi connectivity index (χ1n) is 9.10. The van der Waals surface area contributed by atoms with E-state index in [1.54, 1.807) is 35.0 Å². The fraction of sp³-hybridized carbons (Fsp3) is 0.227. The van der Waals surface area contributed by atoms with Gasteiger partial charge in [-0.05, 0) is 43.7 Å². The first-order valence-corrected chi connectivity index (χ1v) is 9.10. The summed E-state index contributed by atoms with van der Waals surface area (Å²) in [4.78, 5) is 26.9. The van der Waals surface area contributed by atoms with Crippen molar-refractivity contribution in [3.8, 4) is 0 Å².